The van der Waals surface area contributed by atoms with Crippen LogP contribution in [0.1, 0.15) is 22.2 Å². The lowest BCUT2D eigenvalue weighted by atomic mass is 10.2. The Balaban J connectivity index is 1.61. The van der Waals surface area contributed by atoms with Crippen molar-refractivity contribution in [3.8, 4) is 0 Å². The number of hydrogen-bond donors (Lipinski definition) is 1. The Morgan fingerprint density at radius 3 is 2.64 bits per heavy atom. The van der Waals surface area contributed by atoms with Gasteiger partial charge in [-0.2, -0.15) is 0 Å². The van der Waals surface area contributed by atoms with Crippen LogP contribution in [0.4, 0.5) is 5.69 Å². The van der Waals surface area contributed by atoms with Crippen LogP contribution in [-0.2, 0) is 14.3 Å². The van der Waals surface area contributed by atoms with E-state index in [0.29, 0.717) is 27.1 Å². The van der Waals surface area contributed by atoms with Crippen LogP contribution < -0.4 is 5.32 Å². The number of carbonyl (C=O) groups is 3. The summed E-state index contributed by atoms with van der Waals surface area (Å²) in [6.07, 6.45) is 1.77. The summed E-state index contributed by atoms with van der Waals surface area (Å²) in [6.45, 7) is 1.85. The molecule has 6 nitrogen and oxygen atoms in total. The van der Waals surface area contributed by atoms with Crippen molar-refractivity contribution in [2.75, 3.05) is 18.5 Å². The molecule has 0 radical (unpaired) electrons. The number of ether oxygens (including phenoxy) is 1. The molecule has 1 fully saturated rings. The van der Waals surface area contributed by atoms with Gasteiger partial charge in [-0.15, -0.1) is 11.3 Å². The van der Waals surface area contributed by atoms with Crippen molar-refractivity contribution in [1.82, 2.24) is 4.90 Å². The fourth-order valence-corrected chi connectivity index (χ4v) is 4.36. The van der Waals surface area contributed by atoms with E-state index in [1.165, 1.54) is 28.0 Å². The molecule has 1 N–H and O–H groups in total. The second kappa shape index (κ2) is 9.13. The van der Waals surface area contributed by atoms with E-state index >= 15 is 0 Å². The molecule has 9 heteroatoms. The summed E-state index contributed by atoms with van der Waals surface area (Å²) in [5.74, 6) is -1.08. The molecule has 1 aliphatic rings. The van der Waals surface area contributed by atoms with Gasteiger partial charge in [-0.1, -0.05) is 30.0 Å². The summed E-state index contributed by atoms with van der Waals surface area (Å²) < 4.78 is 5.26. The van der Waals surface area contributed by atoms with E-state index in [1.54, 1.807) is 37.3 Å². The number of benzene rings is 1. The van der Waals surface area contributed by atoms with Crippen LogP contribution in [0.15, 0.2) is 46.7 Å². The molecule has 0 unspecified atom stereocenters. The van der Waals surface area contributed by atoms with E-state index in [-0.39, 0.29) is 18.4 Å². The number of hydrogen-bond acceptors (Lipinski definition) is 7. The van der Waals surface area contributed by atoms with Crippen molar-refractivity contribution in [1.29, 1.82) is 0 Å². The zero-order chi connectivity index (χ0) is 20.1. The monoisotopic (exact) mass is 432 g/mol. The second-order valence-corrected chi connectivity index (χ2v) is 8.28. The number of thiocarbonyl (C=S) groups is 1. The van der Waals surface area contributed by atoms with Crippen molar-refractivity contribution in [2.45, 2.75) is 6.92 Å². The number of thioether (sulfide) groups is 1. The zero-order valence-corrected chi connectivity index (χ0v) is 17.3. The maximum absolute atomic E-state index is 12.5. The molecule has 0 spiro atoms. The fourth-order valence-electron chi connectivity index (χ4n) is 2.39. The highest BCUT2D eigenvalue weighted by molar-refractivity contribution is 8.26. The second-order valence-electron chi connectivity index (χ2n) is 5.63. The van der Waals surface area contributed by atoms with Crippen LogP contribution in [0, 0.1) is 0 Å². The zero-order valence-electron chi connectivity index (χ0n) is 14.8. The number of amides is 2. The largest absolute Gasteiger partial charge is 0.462 e. The van der Waals surface area contributed by atoms with Gasteiger partial charge in [-0.3, -0.25) is 14.5 Å². The molecule has 1 aromatic carbocycles. The van der Waals surface area contributed by atoms with Gasteiger partial charge in [0, 0.05) is 10.6 Å². The molecule has 1 aliphatic heterocycles. The van der Waals surface area contributed by atoms with Crippen molar-refractivity contribution < 1.29 is 19.1 Å². The highest BCUT2D eigenvalue weighted by Gasteiger charge is 2.33. The summed E-state index contributed by atoms with van der Waals surface area (Å²) in [5.41, 5.74) is 0.910. The normalized spacial score (nSPS) is 15.2. The number of esters is 1. The molecule has 0 saturated carbocycles. The number of anilines is 1. The topological polar surface area (TPSA) is 75.7 Å². The first-order valence-corrected chi connectivity index (χ1v) is 10.4. The van der Waals surface area contributed by atoms with Crippen molar-refractivity contribution in [3.05, 3.63) is 57.1 Å². The van der Waals surface area contributed by atoms with Crippen LogP contribution in [0.5, 0.6) is 0 Å². The lowest BCUT2D eigenvalue weighted by molar-refractivity contribution is -0.126. The molecule has 28 heavy (non-hydrogen) atoms. The van der Waals surface area contributed by atoms with Crippen molar-refractivity contribution in [2.24, 2.45) is 0 Å². The maximum atomic E-state index is 12.5. The molecule has 144 valence electrons. The van der Waals surface area contributed by atoms with E-state index in [1.807, 2.05) is 17.5 Å². The Labute approximate surface area is 175 Å². The Morgan fingerprint density at radius 2 is 2.00 bits per heavy atom. The number of carbonyl (C=O) groups excluding carboxylic acids is 3. The van der Waals surface area contributed by atoms with Gasteiger partial charge in [0.2, 0.25) is 5.91 Å². The number of nitrogens with one attached hydrogen (secondary N) is 1. The van der Waals surface area contributed by atoms with Gasteiger partial charge in [0.25, 0.3) is 5.91 Å². The summed E-state index contributed by atoms with van der Waals surface area (Å²) in [4.78, 5) is 39.2. The first-order valence-electron chi connectivity index (χ1n) is 8.34. The first-order chi connectivity index (χ1) is 13.5. The van der Waals surface area contributed by atoms with Gasteiger partial charge in [0.05, 0.1) is 17.1 Å². The van der Waals surface area contributed by atoms with Crippen LogP contribution in [-0.4, -0.2) is 40.2 Å². The Hall–Kier alpha value is -2.49. The summed E-state index contributed by atoms with van der Waals surface area (Å²) in [6, 6.07) is 10.1. The highest BCUT2D eigenvalue weighted by atomic mass is 32.2. The molecule has 0 aliphatic carbocycles. The number of thiophene rings is 1. The molecule has 0 atom stereocenters. The van der Waals surface area contributed by atoms with Crippen LogP contribution in [0.3, 0.4) is 0 Å². The van der Waals surface area contributed by atoms with Crippen LogP contribution >= 0.6 is 35.3 Å². The number of rotatable bonds is 6. The quantitative estimate of drug-likeness (QED) is 0.426. The molecule has 1 saturated heterocycles. The Bertz CT molecular complexity index is 937. The Kier molecular flexibility index (Phi) is 6.61. The SMILES string of the molecule is CCOC(=O)c1ccc(NC(=O)CN2C(=O)/C(=C/c3cccs3)SC2=S)cc1. The van der Waals surface area contributed by atoms with Crippen LogP contribution in [0.25, 0.3) is 6.08 Å². The van der Waals surface area contributed by atoms with Gasteiger partial charge in [0.1, 0.15) is 10.9 Å². The predicted octanol–water partition coefficient (Wildman–Crippen LogP) is 3.76. The summed E-state index contributed by atoms with van der Waals surface area (Å²) in [5, 5.41) is 4.62. The lowest BCUT2D eigenvalue weighted by Gasteiger charge is -2.14. The van der Waals surface area contributed by atoms with E-state index < -0.39 is 5.97 Å². The third kappa shape index (κ3) is 4.86. The molecule has 2 amide bonds. The fraction of sp³-hybridized carbons (Fsp3) is 0.158. The van der Waals surface area contributed by atoms with E-state index in [2.05, 4.69) is 5.32 Å². The number of nitrogens with zero attached hydrogens (tertiary/aromatic N) is 1. The lowest BCUT2D eigenvalue weighted by Crippen LogP contribution is -2.36. The minimum atomic E-state index is -0.421. The van der Waals surface area contributed by atoms with Gasteiger partial charge in [-0.25, -0.2) is 4.79 Å². The smallest absolute Gasteiger partial charge is 0.338 e. The van der Waals surface area contributed by atoms with E-state index in [4.69, 9.17) is 17.0 Å². The molecular weight excluding hydrogens is 416 g/mol. The standard InChI is InChI=1S/C19H16N2O4S3/c1-2-25-18(24)12-5-7-13(8-6-12)20-16(22)11-21-17(23)15(28-19(21)26)10-14-4-3-9-27-14/h3-10H,2,11H2,1H3,(H,20,22)/b15-10-. The van der Waals surface area contributed by atoms with E-state index in [0.717, 1.165) is 4.88 Å². The van der Waals surface area contributed by atoms with E-state index in [9.17, 15) is 14.4 Å². The molecule has 2 heterocycles. The minimum absolute atomic E-state index is 0.175. The average Bonchev–Trinajstić information content (AvgIpc) is 3.27. The molecular formula is C19H16N2O4S3. The van der Waals surface area contributed by atoms with Gasteiger partial charge < -0.3 is 10.1 Å². The molecule has 2 aromatic rings. The first kappa shape index (κ1) is 20.2. The third-order valence-corrected chi connectivity index (χ3v) is 5.87. The summed E-state index contributed by atoms with van der Waals surface area (Å²) >= 11 is 7.95. The van der Waals surface area contributed by atoms with Gasteiger partial charge >= 0.3 is 5.97 Å². The van der Waals surface area contributed by atoms with Crippen molar-refractivity contribution >= 4 is 69.2 Å². The van der Waals surface area contributed by atoms with Gasteiger partial charge in [0.15, 0.2) is 0 Å². The molecule has 1 aromatic heterocycles. The molecule has 0 bridgehead atoms. The minimum Gasteiger partial charge on any atom is -0.462 e. The predicted molar refractivity (Wildman–Crippen MR) is 115 cm³/mol. The summed E-state index contributed by atoms with van der Waals surface area (Å²) in [7, 11) is 0. The average molecular weight is 433 g/mol. The van der Waals surface area contributed by atoms with Crippen LogP contribution in [0.2, 0.25) is 0 Å². The van der Waals surface area contributed by atoms with Crippen molar-refractivity contribution in [3.63, 3.8) is 0 Å². The highest BCUT2D eigenvalue weighted by Crippen LogP contribution is 2.33. The third-order valence-electron chi connectivity index (χ3n) is 3.67. The maximum Gasteiger partial charge on any atom is 0.338 e. The van der Waals surface area contributed by atoms with Gasteiger partial charge in [-0.05, 0) is 48.7 Å². The molecule has 3 rings (SSSR count). The Morgan fingerprint density at radius 1 is 1.25 bits per heavy atom.